The molecule has 88 valence electrons. The van der Waals surface area contributed by atoms with Gasteiger partial charge in [0, 0.05) is 23.7 Å². The average Bonchev–Trinajstić information content (AvgIpc) is 2.72. The van der Waals surface area contributed by atoms with Crippen molar-refractivity contribution < 1.29 is 0 Å². The second kappa shape index (κ2) is 4.39. The van der Waals surface area contributed by atoms with Crippen molar-refractivity contribution in [3.05, 3.63) is 17.3 Å². The van der Waals surface area contributed by atoms with Crippen molar-refractivity contribution in [2.75, 3.05) is 6.26 Å². The zero-order valence-electron chi connectivity index (χ0n) is 10.1. The second-order valence-electron chi connectivity index (χ2n) is 4.73. The van der Waals surface area contributed by atoms with E-state index < -0.39 is 0 Å². The Labute approximate surface area is 104 Å². The first-order chi connectivity index (χ1) is 7.51. The first kappa shape index (κ1) is 12.0. The number of hydrogen-bond donors (Lipinski definition) is 1. The number of nitrogens with zero attached hydrogens (tertiary/aromatic N) is 2. The lowest BCUT2D eigenvalue weighted by Crippen LogP contribution is -2.35. The molecule has 2 rings (SSSR count). The van der Waals surface area contributed by atoms with Crippen molar-refractivity contribution in [3.63, 3.8) is 0 Å². The van der Waals surface area contributed by atoms with E-state index in [0.717, 1.165) is 16.5 Å². The van der Waals surface area contributed by atoms with Gasteiger partial charge in [-0.2, -0.15) is 0 Å². The Morgan fingerprint density at radius 1 is 1.50 bits per heavy atom. The molecule has 0 amide bonds. The molecule has 0 fully saturated rings. The minimum absolute atomic E-state index is 0.135. The minimum Gasteiger partial charge on any atom is -0.306 e. The van der Waals surface area contributed by atoms with Crippen LogP contribution in [0.25, 0.3) is 4.96 Å². The first-order valence-electron chi connectivity index (χ1n) is 5.25. The zero-order chi connectivity index (χ0) is 11.8. The smallest absolute Gasteiger partial charge is 0.194 e. The highest BCUT2D eigenvalue weighted by atomic mass is 32.2. The van der Waals surface area contributed by atoms with E-state index >= 15 is 0 Å². The normalized spacial score (nSPS) is 12.5. The van der Waals surface area contributed by atoms with E-state index in [-0.39, 0.29) is 5.54 Å². The van der Waals surface area contributed by atoms with Crippen LogP contribution in [0.4, 0.5) is 0 Å². The molecule has 0 unspecified atom stereocenters. The van der Waals surface area contributed by atoms with E-state index in [9.17, 15) is 0 Å². The third kappa shape index (κ3) is 2.42. The van der Waals surface area contributed by atoms with Crippen molar-refractivity contribution >= 4 is 28.1 Å². The summed E-state index contributed by atoms with van der Waals surface area (Å²) in [5.41, 5.74) is 1.40. The third-order valence-corrected chi connectivity index (χ3v) is 3.77. The summed E-state index contributed by atoms with van der Waals surface area (Å²) in [6.45, 7) is 7.39. The number of thiazole rings is 1. The maximum atomic E-state index is 4.60. The minimum atomic E-state index is 0.135. The van der Waals surface area contributed by atoms with E-state index in [2.05, 4.69) is 53.3 Å². The van der Waals surface area contributed by atoms with Crippen LogP contribution in [-0.2, 0) is 6.54 Å². The molecule has 0 saturated carbocycles. The topological polar surface area (TPSA) is 29.3 Å². The molecule has 3 nitrogen and oxygen atoms in total. The van der Waals surface area contributed by atoms with Gasteiger partial charge in [0.2, 0.25) is 0 Å². The summed E-state index contributed by atoms with van der Waals surface area (Å²) in [7, 11) is 0. The van der Waals surface area contributed by atoms with Crippen LogP contribution in [0.5, 0.6) is 0 Å². The van der Waals surface area contributed by atoms with Gasteiger partial charge in [-0.15, -0.1) is 23.1 Å². The van der Waals surface area contributed by atoms with Crippen molar-refractivity contribution in [1.82, 2.24) is 14.7 Å². The van der Waals surface area contributed by atoms with Gasteiger partial charge in [0.05, 0.1) is 5.69 Å². The Hall–Kier alpha value is -0.520. The van der Waals surface area contributed by atoms with Crippen LogP contribution in [0.1, 0.15) is 26.5 Å². The fraction of sp³-hybridized carbons (Fsp3) is 0.545. The second-order valence-corrected chi connectivity index (χ2v) is 6.39. The predicted octanol–water partition coefficient (Wildman–Crippen LogP) is 3.01. The van der Waals surface area contributed by atoms with Crippen molar-refractivity contribution in [1.29, 1.82) is 0 Å². The van der Waals surface area contributed by atoms with Crippen LogP contribution < -0.4 is 5.32 Å². The number of nitrogens with one attached hydrogen (secondary N) is 1. The van der Waals surface area contributed by atoms with Crippen LogP contribution in [0, 0.1) is 0 Å². The number of hydrogen-bond acceptors (Lipinski definition) is 4. The number of imidazole rings is 1. The van der Waals surface area contributed by atoms with Crippen LogP contribution in [0.2, 0.25) is 0 Å². The number of aromatic nitrogens is 2. The first-order valence-corrected chi connectivity index (χ1v) is 7.35. The van der Waals surface area contributed by atoms with Gasteiger partial charge < -0.3 is 5.32 Å². The van der Waals surface area contributed by atoms with E-state index in [0.29, 0.717) is 0 Å². The zero-order valence-corrected chi connectivity index (χ0v) is 11.7. The summed E-state index contributed by atoms with van der Waals surface area (Å²) in [5.74, 6) is 0. The van der Waals surface area contributed by atoms with Gasteiger partial charge >= 0.3 is 0 Å². The average molecular weight is 255 g/mol. The highest BCUT2D eigenvalue weighted by Crippen LogP contribution is 2.24. The summed E-state index contributed by atoms with van der Waals surface area (Å²) in [6, 6.07) is 0. The van der Waals surface area contributed by atoms with Crippen molar-refractivity contribution in [2.24, 2.45) is 0 Å². The molecule has 2 heterocycles. The van der Waals surface area contributed by atoms with Gasteiger partial charge in [0.15, 0.2) is 4.96 Å². The molecule has 0 aliphatic heterocycles. The standard InChI is InChI=1S/C11H17N3S2/c1-11(2,3)12-7-8-9(15-4)13-10-14(8)5-6-16-10/h5-6,12H,7H2,1-4H3. The van der Waals surface area contributed by atoms with Gasteiger partial charge in [-0.3, -0.25) is 4.40 Å². The Balaban J connectivity index is 2.30. The monoisotopic (exact) mass is 255 g/mol. The third-order valence-electron chi connectivity index (χ3n) is 2.30. The van der Waals surface area contributed by atoms with E-state index in [4.69, 9.17) is 0 Å². The lowest BCUT2D eigenvalue weighted by molar-refractivity contribution is 0.418. The maximum Gasteiger partial charge on any atom is 0.194 e. The van der Waals surface area contributed by atoms with Crippen LogP contribution >= 0.6 is 23.1 Å². The molecule has 5 heteroatoms. The Bertz CT molecular complexity index is 479. The Kier molecular flexibility index (Phi) is 3.28. The van der Waals surface area contributed by atoms with Gasteiger partial charge in [-0.05, 0) is 27.0 Å². The van der Waals surface area contributed by atoms with Crippen LogP contribution in [-0.4, -0.2) is 21.2 Å². The lowest BCUT2D eigenvalue weighted by atomic mass is 10.1. The molecule has 0 aliphatic rings. The molecule has 0 spiro atoms. The Morgan fingerprint density at radius 2 is 2.25 bits per heavy atom. The molecular formula is C11H17N3S2. The molecular weight excluding hydrogens is 238 g/mol. The Morgan fingerprint density at radius 3 is 2.88 bits per heavy atom. The summed E-state index contributed by atoms with van der Waals surface area (Å²) < 4.78 is 2.18. The summed E-state index contributed by atoms with van der Waals surface area (Å²) in [5, 5.41) is 6.72. The van der Waals surface area contributed by atoms with Gasteiger partial charge in [-0.1, -0.05) is 0 Å². The molecule has 2 aromatic rings. The van der Waals surface area contributed by atoms with Crippen molar-refractivity contribution in [2.45, 2.75) is 37.9 Å². The molecule has 0 aliphatic carbocycles. The van der Waals surface area contributed by atoms with Gasteiger partial charge in [0.25, 0.3) is 0 Å². The molecule has 0 radical (unpaired) electrons. The summed E-state index contributed by atoms with van der Waals surface area (Å²) in [4.78, 5) is 5.68. The maximum absolute atomic E-state index is 4.60. The summed E-state index contributed by atoms with van der Waals surface area (Å²) in [6.07, 6.45) is 4.17. The predicted molar refractivity (Wildman–Crippen MR) is 71.4 cm³/mol. The molecule has 2 aromatic heterocycles. The molecule has 16 heavy (non-hydrogen) atoms. The lowest BCUT2D eigenvalue weighted by Gasteiger charge is -2.20. The largest absolute Gasteiger partial charge is 0.306 e. The molecule has 1 N–H and O–H groups in total. The number of thioether (sulfide) groups is 1. The SMILES string of the molecule is CSc1nc2sccn2c1CNC(C)(C)C. The van der Waals surface area contributed by atoms with Gasteiger partial charge in [-0.25, -0.2) is 4.98 Å². The quantitative estimate of drug-likeness (QED) is 0.855. The van der Waals surface area contributed by atoms with E-state index in [1.165, 1.54) is 5.69 Å². The molecule has 0 aromatic carbocycles. The molecule has 0 bridgehead atoms. The highest BCUT2D eigenvalue weighted by Gasteiger charge is 2.15. The van der Waals surface area contributed by atoms with Crippen LogP contribution in [0.3, 0.4) is 0 Å². The molecule has 0 atom stereocenters. The number of rotatable bonds is 3. The fourth-order valence-corrected chi connectivity index (χ4v) is 2.86. The van der Waals surface area contributed by atoms with Crippen molar-refractivity contribution in [3.8, 4) is 0 Å². The van der Waals surface area contributed by atoms with E-state index in [1.807, 2.05) is 0 Å². The van der Waals surface area contributed by atoms with E-state index in [1.54, 1.807) is 23.1 Å². The molecule has 0 saturated heterocycles. The van der Waals surface area contributed by atoms with Gasteiger partial charge in [0.1, 0.15) is 5.03 Å². The van der Waals surface area contributed by atoms with Crippen LogP contribution in [0.15, 0.2) is 16.6 Å². The summed E-state index contributed by atoms with van der Waals surface area (Å²) >= 11 is 3.39. The highest BCUT2D eigenvalue weighted by molar-refractivity contribution is 7.98. The fourth-order valence-electron chi connectivity index (χ4n) is 1.49. The number of fused-ring (bicyclic) bond motifs is 1.